The SMILES string of the molecule is CC(C)CCc1cc(-c2ccccc2)ncc1[Si](C)(C)C. The van der Waals surface area contributed by atoms with E-state index in [0.717, 1.165) is 11.6 Å². The third kappa shape index (κ3) is 4.27. The summed E-state index contributed by atoms with van der Waals surface area (Å²) < 4.78 is 0. The van der Waals surface area contributed by atoms with Crippen LogP contribution in [0.4, 0.5) is 0 Å². The molecule has 0 aliphatic carbocycles. The second-order valence-electron chi connectivity index (χ2n) is 7.28. The molecular formula is C19H27NSi. The van der Waals surface area contributed by atoms with Crippen molar-refractivity contribution in [2.45, 2.75) is 46.3 Å². The lowest BCUT2D eigenvalue weighted by Gasteiger charge is -2.22. The summed E-state index contributed by atoms with van der Waals surface area (Å²) in [6, 6.07) is 12.8. The van der Waals surface area contributed by atoms with Crippen LogP contribution in [0.5, 0.6) is 0 Å². The second kappa shape index (κ2) is 6.57. The van der Waals surface area contributed by atoms with E-state index in [-0.39, 0.29) is 0 Å². The zero-order valence-electron chi connectivity index (χ0n) is 14.0. The molecule has 1 aromatic carbocycles. The normalized spacial score (nSPS) is 11.9. The van der Waals surface area contributed by atoms with E-state index in [0.29, 0.717) is 0 Å². The molecule has 0 unspecified atom stereocenters. The summed E-state index contributed by atoms with van der Waals surface area (Å²) in [6.45, 7) is 11.8. The lowest BCUT2D eigenvalue weighted by Crippen LogP contribution is -2.40. The van der Waals surface area contributed by atoms with Crippen molar-refractivity contribution in [1.82, 2.24) is 4.98 Å². The number of pyridine rings is 1. The molecule has 0 fully saturated rings. The molecule has 1 heterocycles. The molecule has 0 N–H and O–H groups in total. The number of aryl methyl sites for hydroxylation is 1. The van der Waals surface area contributed by atoms with Gasteiger partial charge in [0.2, 0.25) is 0 Å². The molecule has 0 bridgehead atoms. The first kappa shape index (κ1) is 16.0. The van der Waals surface area contributed by atoms with Crippen molar-refractivity contribution in [2.75, 3.05) is 0 Å². The van der Waals surface area contributed by atoms with Crippen LogP contribution in [-0.4, -0.2) is 13.1 Å². The fraction of sp³-hybridized carbons (Fsp3) is 0.421. The molecule has 0 aliphatic heterocycles. The minimum Gasteiger partial charge on any atom is -0.256 e. The van der Waals surface area contributed by atoms with Crippen LogP contribution >= 0.6 is 0 Å². The summed E-state index contributed by atoms with van der Waals surface area (Å²) in [7, 11) is -1.34. The molecule has 0 radical (unpaired) electrons. The maximum atomic E-state index is 4.74. The Morgan fingerprint density at radius 1 is 1.05 bits per heavy atom. The van der Waals surface area contributed by atoms with Crippen LogP contribution in [0.15, 0.2) is 42.6 Å². The first-order valence-electron chi connectivity index (χ1n) is 7.93. The molecular weight excluding hydrogens is 270 g/mol. The number of benzene rings is 1. The van der Waals surface area contributed by atoms with Crippen LogP contribution in [0.25, 0.3) is 11.3 Å². The second-order valence-corrected chi connectivity index (χ2v) is 12.3. The van der Waals surface area contributed by atoms with Crippen molar-refractivity contribution in [3.63, 3.8) is 0 Å². The standard InChI is InChI=1S/C19H27NSi/c1-15(2)11-12-17-13-18(16-9-7-6-8-10-16)20-14-19(17)21(3,4)5/h6-10,13-15H,11-12H2,1-5H3. The number of aromatic nitrogens is 1. The average molecular weight is 298 g/mol. The van der Waals surface area contributed by atoms with Crippen molar-refractivity contribution in [3.05, 3.63) is 48.2 Å². The molecule has 1 aromatic heterocycles. The Morgan fingerprint density at radius 3 is 2.29 bits per heavy atom. The van der Waals surface area contributed by atoms with Gasteiger partial charge in [0, 0.05) is 11.8 Å². The Bertz CT molecular complexity index is 582. The van der Waals surface area contributed by atoms with Gasteiger partial charge in [-0.2, -0.15) is 0 Å². The summed E-state index contributed by atoms with van der Waals surface area (Å²) in [4.78, 5) is 4.74. The summed E-state index contributed by atoms with van der Waals surface area (Å²) in [6.07, 6.45) is 4.56. The van der Waals surface area contributed by atoms with E-state index in [2.05, 4.69) is 76.1 Å². The van der Waals surface area contributed by atoms with Crippen LogP contribution in [0, 0.1) is 5.92 Å². The molecule has 0 amide bonds. The molecule has 2 rings (SSSR count). The molecule has 2 heteroatoms. The zero-order chi connectivity index (χ0) is 15.5. The molecule has 0 saturated carbocycles. The minimum absolute atomic E-state index is 0.743. The lowest BCUT2D eigenvalue weighted by molar-refractivity contribution is 0.587. The van der Waals surface area contributed by atoms with Gasteiger partial charge in [-0.15, -0.1) is 0 Å². The third-order valence-corrected chi connectivity index (χ3v) is 5.92. The average Bonchev–Trinajstić information content (AvgIpc) is 2.44. The van der Waals surface area contributed by atoms with E-state index in [1.807, 2.05) is 0 Å². The molecule has 0 atom stereocenters. The Morgan fingerprint density at radius 2 is 1.71 bits per heavy atom. The highest BCUT2D eigenvalue weighted by molar-refractivity contribution is 6.89. The number of nitrogens with zero attached hydrogens (tertiary/aromatic N) is 1. The van der Waals surface area contributed by atoms with Crippen LogP contribution in [0.1, 0.15) is 25.8 Å². The first-order valence-corrected chi connectivity index (χ1v) is 11.4. The Kier molecular flexibility index (Phi) is 4.99. The first-order chi connectivity index (χ1) is 9.88. The van der Waals surface area contributed by atoms with Gasteiger partial charge in [0.25, 0.3) is 0 Å². The molecule has 0 saturated heterocycles. The summed E-state index contributed by atoms with van der Waals surface area (Å²) >= 11 is 0. The van der Waals surface area contributed by atoms with Crippen molar-refractivity contribution in [2.24, 2.45) is 5.92 Å². The van der Waals surface area contributed by atoms with Gasteiger partial charge >= 0.3 is 0 Å². The van der Waals surface area contributed by atoms with Gasteiger partial charge in [-0.05, 0) is 35.6 Å². The van der Waals surface area contributed by atoms with Gasteiger partial charge in [-0.25, -0.2) is 0 Å². The number of hydrogen-bond acceptors (Lipinski definition) is 1. The highest BCUT2D eigenvalue weighted by Gasteiger charge is 2.21. The largest absolute Gasteiger partial charge is 0.256 e. The molecule has 112 valence electrons. The van der Waals surface area contributed by atoms with Gasteiger partial charge in [-0.3, -0.25) is 4.98 Å². The van der Waals surface area contributed by atoms with E-state index >= 15 is 0 Å². The Balaban J connectivity index is 2.41. The molecule has 0 aliphatic rings. The maximum Gasteiger partial charge on any atom is 0.0799 e. The van der Waals surface area contributed by atoms with Gasteiger partial charge < -0.3 is 0 Å². The van der Waals surface area contributed by atoms with Gasteiger partial charge in [0.1, 0.15) is 0 Å². The Hall–Kier alpha value is -1.41. The smallest absolute Gasteiger partial charge is 0.0799 e. The van der Waals surface area contributed by atoms with Crippen LogP contribution < -0.4 is 5.19 Å². The fourth-order valence-corrected chi connectivity index (χ4v) is 4.20. The minimum atomic E-state index is -1.34. The predicted molar refractivity (Wildman–Crippen MR) is 95.8 cm³/mol. The topological polar surface area (TPSA) is 12.9 Å². The van der Waals surface area contributed by atoms with Crippen LogP contribution in [0.3, 0.4) is 0 Å². The van der Waals surface area contributed by atoms with E-state index in [4.69, 9.17) is 4.98 Å². The fourth-order valence-electron chi connectivity index (χ4n) is 2.59. The van der Waals surface area contributed by atoms with Gasteiger partial charge in [-0.1, -0.05) is 63.8 Å². The molecule has 21 heavy (non-hydrogen) atoms. The molecule has 0 spiro atoms. The van der Waals surface area contributed by atoms with Crippen LogP contribution in [0.2, 0.25) is 19.6 Å². The van der Waals surface area contributed by atoms with E-state index in [1.165, 1.54) is 29.2 Å². The van der Waals surface area contributed by atoms with Gasteiger partial charge in [0.05, 0.1) is 13.8 Å². The summed E-state index contributed by atoms with van der Waals surface area (Å²) in [5.41, 5.74) is 3.83. The van der Waals surface area contributed by atoms with E-state index in [1.54, 1.807) is 0 Å². The van der Waals surface area contributed by atoms with Gasteiger partial charge in [0.15, 0.2) is 0 Å². The summed E-state index contributed by atoms with van der Waals surface area (Å²) in [5, 5.41) is 1.52. The van der Waals surface area contributed by atoms with Crippen molar-refractivity contribution < 1.29 is 0 Å². The molecule has 2 aromatic rings. The number of rotatable bonds is 5. The van der Waals surface area contributed by atoms with Crippen molar-refractivity contribution in [1.29, 1.82) is 0 Å². The van der Waals surface area contributed by atoms with Crippen molar-refractivity contribution in [3.8, 4) is 11.3 Å². The van der Waals surface area contributed by atoms with Crippen molar-refractivity contribution >= 4 is 13.3 Å². The number of hydrogen-bond donors (Lipinski definition) is 0. The highest BCUT2D eigenvalue weighted by atomic mass is 28.3. The van der Waals surface area contributed by atoms with E-state index in [9.17, 15) is 0 Å². The highest BCUT2D eigenvalue weighted by Crippen LogP contribution is 2.20. The van der Waals surface area contributed by atoms with E-state index < -0.39 is 8.07 Å². The maximum absolute atomic E-state index is 4.74. The zero-order valence-corrected chi connectivity index (χ0v) is 15.0. The predicted octanol–water partition coefficient (Wildman–Crippen LogP) is 4.88. The van der Waals surface area contributed by atoms with Crippen LogP contribution in [-0.2, 0) is 6.42 Å². The quantitative estimate of drug-likeness (QED) is 0.717. The monoisotopic (exact) mass is 297 g/mol. The third-order valence-electron chi connectivity index (χ3n) is 3.86. The Labute approximate surface area is 130 Å². The summed E-state index contributed by atoms with van der Waals surface area (Å²) in [5.74, 6) is 0.743. The lowest BCUT2D eigenvalue weighted by atomic mass is 10.0. The molecule has 1 nitrogen and oxygen atoms in total.